The van der Waals surface area contributed by atoms with Crippen LogP contribution in [-0.2, 0) is 36.7 Å². The minimum atomic E-state index is -2.91. The summed E-state index contributed by atoms with van der Waals surface area (Å²) in [7, 11) is -2.91. The highest BCUT2D eigenvalue weighted by molar-refractivity contribution is 8.30. The maximum atomic E-state index is 13.4. The topological polar surface area (TPSA) is 46.5 Å². The fourth-order valence-corrected chi connectivity index (χ4v) is 10.6. The van der Waals surface area contributed by atoms with E-state index in [1.165, 1.54) is 11.1 Å². The molecule has 0 aromatic heterocycles. The lowest BCUT2D eigenvalue weighted by Gasteiger charge is -2.49. The Morgan fingerprint density at radius 2 is 0.766 bits per heavy atom. The normalized spacial score (nSPS) is 14.3. The van der Waals surface area contributed by atoms with E-state index in [1.807, 2.05) is 18.2 Å². The smallest absolute Gasteiger partial charge is 0.449 e. The molecule has 0 bridgehead atoms. The molecular weight excluding hydrogens is 597 g/mol. The Labute approximate surface area is 289 Å². The van der Waals surface area contributed by atoms with Crippen molar-refractivity contribution in [1.82, 2.24) is 0 Å². The van der Waals surface area contributed by atoms with E-state index in [9.17, 15) is 9.90 Å². The summed E-state index contributed by atoms with van der Waals surface area (Å²) in [4.78, 5) is 16.3. The first-order chi connectivity index (χ1) is 20.9. The van der Waals surface area contributed by atoms with Gasteiger partial charge >= 0.3 is 6.16 Å². The Bertz CT molecular complexity index is 1440. The molecule has 3 nitrogen and oxygen atoms in total. The second kappa shape index (κ2) is 12.3. The van der Waals surface area contributed by atoms with Crippen molar-refractivity contribution >= 4 is 16.5 Å². The number of hydrogen-bond donors (Lipinski definition) is 1. The van der Waals surface area contributed by atoms with E-state index in [2.05, 4.69) is 161 Å². The van der Waals surface area contributed by atoms with Crippen LogP contribution in [0.2, 0.25) is 0 Å². The van der Waals surface area contributed by atoms with Crippen LogP contribution < -0.4 is 0 Å². The Balaban J connectivity index is 3.00. The SMILES string of the molecule is CC(C)(C)c1cc(C(C)(C)C)c(S(OC(=O)O)(c2ccccc2)c2c(C(C)(C)C)cc(C(C)(C)C)cc2C(C)(C)C)c(C(C)(C)C)c1. The van der Waals surface area contributed by atoms with Crippen LogP contribution in [0, 0.1) is 0 Å². The van der Waals surface area contributed by atoms with Crippen molar-refractivity contribution in [2.75, 3.05) is 0 Å². The van der Waals surface area contributed by atoms with Gasteiger partial charge in [0.25, 0.3) is 0 Å². The van der Waals surface area contributed by atoms with Gasteiger partial charge < -0.3 is 9.29 Å². The van der Waals surface area contributed by atoms with E-state index in [0.717, 1.165) is 36.9 Å². The Kier molecular flexibility index (Phi) is 10.1. The molecule has 0 radical (unpaired) electrons. The maximum absolute atomic E-state index is 13.4. The zero-order valence-corrected chi connectivity index (χ0v) is 33.7. The molecule has 0 spiro atoms. The maximum Gasteiger partial charge on any atom is 0.517 e. The number of carboxylic acid groups (broad SMARTS) is 1. The Morgan fingerprint density at radius 1 is 0.489 bits per heavy atom. The molecule has 0 amide bonds. The molecule has 0 heterocycles. The summed E-state index contributed by atoms with van der Waals surface area (Å²) in [6, 6.07) is 19.6. The van der Waals surface area contributed by atoms with Gasteiger partial charge in [-0.3, -0.25) is 0 Å². The summed E-state index contributed by atoms with van der Waals surface area (Å²) >= 11 is 0. The number of hydrogen-bond acceptors (Lipinski definition) is 2. The van der Waals surface area contributed by atoms with E-state index in [4.69, 9.17) is 4.18 Å². The molecule has 0 saturated carbocycles. The molecule has 3 aromatic rings. The lowest BCUT2D eigenvalue weighted by molar-refractivity contribution is 0.150. The van der Waals surface area contributed by atoms with E-state index in [1.54, 1.807) is 0 Å². The largest absolute Gasteiger partial charge is 0.517 e. The van der Waals surface area contributed by atoms with Crippen molar-refractivity contribution in [3.63, 3.8) is 0 Å². The monoisotopic (exact) mass is 660 g/mol. The third-order valence-electron chi connectivity index (χ3n) is 8.99. The van der Waals surface area contributed by atoms with Crippen molar-refractivity contribution in [3.8, 4) is 0 Å². The molecule has 3 aromatic carbocycles. The highest BCUT2D eigenvalue weighted by atomic mass is 32.3. The second-order valence-corrected chi connectivity index (χ2v) is 22.1. The molecule has 3 rings (SSSR count). The Morgan fingerprint density at radius 3 is 0.979 bits per heavy atom. The van der Waals surface area contributed by atoms with Crippen LogP contribution in [0.25, 0.3) is 0 Å². The van der Waals surface area contributed by atoms with Gasteiger partial charge in [-0.15, -0.1) is 0 Å². The van der Waals surface area contributed by atoms with Gasteiger partial charge in [0.05, 0.1) is 0 Å². The van der Waals surface area contributed by atoms with Gasteiger partial charge in [0.1, 0.15) is 0 Å². The van der Waals surface area contributed by atoms with E-state index in [0.29, 0.717) is 0 Å². The first-order valence-corrected chi connectivity index (χ1v) is 18.7. The third-order valence-corrected chi connectivity index (χ3v) is 12.3. The van der Waals surface area contributed by atoms with Crippen LogP contribution in [-0.4, -0.2) is 11.3 Å². The minimum absolute atomic E-state index is 0.113. The summed E-state index contributed by atoms with van der Waals surface area (Å²) in [5.74, 6) is 0. The highest BCUT2D eigenvalue weighted by Crippen LogP contribution is 2.75. The fourth-order valence-electron chi connectivity index (χ4n) is 6.16. The van der Waals surface area contributed by atoms with Gasteiger partial charge in [-0.05, 0) is 88.3 Å². The standard InChI is InChI=1S/C43H64O3S/c1-38(2,3)28-24-31(40(7,8)9)35(32(25-28)41(10,11)12)47(46-37(44)45,30-22-20-19-21-23-30)36-33(42(13,14)15)26-29(39(4,5)6)27-34(36)43(16,17)18/h19-27H,1-18H3,(H,44,45). The molecule has 4 heteroatoms. The molecule has 0 aliphatic carbocycles. The van der Waals surface area contributed by atoms with Gasteiger partial charge in [-0.2, -0.15) is 0 Å². The summed E-state index contributed by atoms with van der Waals surface area (Å²) in [6.45, 7) is 40.5. The predicted octanol–water partition coefficient (Wildman–Crippen LogP) is 13.4. The fraction of sp³-hybridized carbons (Fsp3) is 0.558. The van der Waals surface area contributed by atoms with E-state index >= 15 is 0 Å². The minimum Gasteiger partial charge on any atom is -0.449 e. The molecule has 0 aliphatic heterocycles. The van der Waals surface area contributed by atoms with Gasteiger partial charge in [-0.1, -0.05) is 167 Å². The van der Waals surface area contributed by atoms with Crippen molar-refractivity contribution in [2.24, 2.45) is 0 Å². The van der Waals surface area contributed by atoms with Gasteiger partial charge in [0.2, 0.25) is 0 Å². The molecule has 0 aliphatic rings. The lowest BCUT2D eigenvalue weighted by atomic mass is 9.75. The molecule has 0 saturated heterocycles. The van der Waals surface area contributed by atoms with Crippen molar-refractivity contribution < 1.29 is 14.1 Å². The average molecular weight is 661 g/mol. The van der Waals surface area contributed by atoms with E-state index < -0.39 is 16.5 Å². The van der Waals surface area contributed by atoms with Crippen LogP contribution in [0.1, 0.15) is 158 Å². The van der Waals surface area contributed by atoms with Crippen LogP contribution >= 0.6 is 10.3 Å². The zero-order chi connectivity index (χ0) is 36.3. The quantitative estimate of drug-likeness (QED) is 0.303. The summed E-state index contributed by atoms with van der Waals surface area (Å²) in [6.07, 6.45) is -1.26. The highest BCUT2D eigenvalue weighted by Gasteiger charge is 2.48. The predicted molar refractivity (Wildman–Crippen MR) is 203 cm³/mol. The van der Waals surface area contributed by atoms with Gasteiger partial charge in [0.15, 0.2) is 0 Å². The average Bonchev–Trinajstić information content (AvgIpc) is 2.87. The lowest BCUT2D eigenvalue weighted by Crippen LogP contribution is -2.30. The van der Waals surface area contributed by atoms with Gasteiger partial charge in [-0.25, -0.2) is 4.79 Å². The van der Waals surface area contributed by atoms with E-state index in [-0.39, 0.29) is 32.5 Å². The van der Waals surface area contributed by atoms with Crippen molar-refractivity contribution in [1.29, 1.82) is 0 Å². The Hall–Kier alpha value is -2.72. The van der Waals surface area contributed by atoms with Crippen LogP contribution in [0.15, 0.2) is 69.3 Å². The second-order valence-electron chi connectivity index (χ2n) is 19.5. The zero-order valence-electron chi connectivity index (χ0n) is 32.9. The number of rotatable bonds is 4. The van der Waals surface area contributed by atoms with Crippen LogP contribution in [0.3, 0.4) is 0 Å². The molecule has 47 heavy (non-hydrogen) atoms. The third kappa shape index (κ3) is 7.96. The van der Waals surface area contributed by atoms with Crippen molar-refractivity contribution in [2.45, 2.75) is 172 Å². The number of benzene rings is 3. The van der Waals surface area contributed by atoms with Gasteiger partial charge in [0, 0.05) is 14.7 Å². The van der Waals surface area contributed by atoms with Crippen molar-refractivity contribution in [3.05, 3.63) is 88.0 Å². The molecule has 1 N–H and O–H groups in total. The summed E-state index contributed by atoms with van der Waals surface area (Å²) in [5.41, 5.74) is 5.51. The first-order valence-electron chi connectivity index (χ1n) is 17.1. The molecule has 0 unspecified atom stereocenters. The summed E-state index contributed by atoms with van der Waals surface area (Å²) < 4.78 is 6.79. The molecule has 0 atom stereocenters. The van der Waals surface area contributed by atoms with Crippen LogP contribution in [0.5, 0.6) is 0 Å². The molecule has 260 valence electrons. The first kappa shape index (κ1) is 38.7. The van der Waals surface area contributed by atoms with Crippen LogP contribution in [0.4, 0.5) is 4.79 Å². The summed E-state index contributed by atoms with van der Waals surface area (Å²) in [5, 5.41) is 11.0. The number of carbonyl (C=O) groups is 1. The molecule has 0 fully saturated rings. The molecular formula is C43H64O3S.